The minimum absolute atomic E-state index is 0.00734. The van der Waals surface area contributed by atoms with Crippen molar-refractivity contribution in [3.8, 4) is 45.6 Å². The van der Waals surface area contributed by atoms with E-state index in [9.17, 15) is 9.59 Å². The number of methoxy groups -OCH3 is 8. The zero-order valence-corrected chi connectivity index (χ0v) is 19.2. The van der Waals surface area contributed by atoms with Crippen molar-refractivity contribution in [3.63, 3.8) is 0 Å². The first-order chi connectivity index (χ1) is 15.4. The summed E-state index contributed by atoms with van der Waals surface area (Å²) in [6, 6.07) is 3.03. The molecule has 0 atom stereocenters. The first-order valence-electron chi connectivity index (χ1n) is 9.21. The van der Waals surface area contributed by atoms with Crippen LogP contribution in [0.2, 0.25) is 0 Å². The molecule has 10 nitrogen and oxygen atoms in total. The van der Waals surface area contributed by atoms with E-state index >= 15 is 0 Å². The summed E-state index contributed by atoms with van der Waals surface area (Å²) >= 11 is 0. The van der Waals surface area contributed by atoms with Crippen molar-refractivity contribution < 1.29 is 47.5 Å². The predicted molar refractivity (Wildman–Crippen MR) is 114 cm³/mol. The summed E-state index contributed by atoms with van der Waals surface area (Å²) in [6.45, 7) is 0. The predicted octanol–water partition coefficient (Wildman–Crippen LogP) is 2.98. The molecule has 2 aromatic rings. The van der Waals surface area contributed by atoms with E-state index in [1.54, 1.807) is 0 Å². The van der Waals surface area contributed by atoms with Gasteiger partial charge in [-0.1, -0.05) is 0 Å². The normalized spacial score (nSPS) is 10.1. The molecule has 0 amide bonds. The monoisotopic (exact) mass is 450 g/mol. The molecule has 0 saturated heterocycles. The maximum Gasteiger partial charge on any atom is 0.342 e. The van der Waals surface area contributed by atoms with E-state index in [-0.39, 0.29) is 56.8 Å². The van der Waals surface area contributed by atoms with Crippen molar-refractivity contribution in [2.75, 3.05) is 56.9 Å². The van der Waals surface area contributed by atoms with Gasteiger partial charge in [0.1, 0.15) is 11.1 Å². The molecule has 0 aliphatic carbocycles. The fraction of sp³-hybridized carbons (Fsp3) is 0.364. The molecule has 0 N–H and O–H groups in total. The summed E-state index contributed by atoms with van der Waals surface area (Å²) in [4.78, 5) is 25.7. The molecule has 32 heavy (non-hydrogen) atoms. The van der Waals surface area contributed by atoms with Gasteiger partial charge >= 0.3 is 11.9 Å². The van der Waals surface area contributed by atoms with Gasteiger partial charge in [0.15, 0.2) is 23.0 Å². The number of ether oxygens (including phenoxy) is 8. The molecule has 174 valence electrons. The molecule has 0 aliphatic heterocycles. The van der Waals surface area contributed by atoms with Crippen LogP contribution in [0.3, 0.4) is 0 Å². The van der Waals surface area contributed by atoms with Crippen molar-refractivity contribution in [2.45, 2.75) is 0 Å². The smallest absolute Gasteiger partial charge is 0.342 e. The summed E-state index contributed by atoms with van der Waals surface area (Å²) in [7, 11) is 10.8. The zero-order valence-electron chi connectivity index (χ0n) is 19.2. The summed E-state index contributed by atoms with van der Waals surface area (Å²) in [6.07, 6.45) is 0. The summed E-state index contributed by atoms with van der Waals surface area (Å²) in [5.74, 6) is -0.521. The maximum atomic E-state index is 12.8. The average molecular weight is 450 g/mol. The Labute approximate surface area is 185 Å². The van der Waals surface area contributed by atoms with Crippen LogP contribution in [0, 0.1) is 0 Å². The highest BCUT2D eigenvalue weighted by Gasteiger charge is 2.33. The molecule has 0 spiro atoms. The minimum Gasteiger partial charge on any atom is -0.493 e. The van der Waals surface area contributed by atoms with Crippen LogP contribution < -0.4 is 28.4 Å². The molecular formula is C22H26O10. The highest BCUT2D eigenvalue weighted by Crippen LogP contribution is 2.50. The Bertz CT molecular complexity index is 931. The van der Waals surface area contributed by atoms with Gasteiger partial charge in [0.25, 0.3) is 0 Å². The Kier molecular flexibility index (Phi) is 8.00. The lowest BCUT2D eigenvalue weighted by molar-refractivity contribution is 0.0585. The number of rotatable bonds is 9. The first-order valence-corrected chi connectivity index (χ1v) is 9.21. The summed E-state index contributed by atoms with van der Waals surface area (Å²) < 4.78 is 42.5. The van der Waals surface area contributed by atoms with E-state index in [4.69, 9.17) is 37.9 Å². The highest BCUT2D eigenvalue weighted by atomic mass is 16.5. The fourth-order valence-corrected chi connectivity index (χ4v) is 3.35. The fourth-order valence-electron chi connectivity index (χ4n) is 3.35. The lowest BCUT2D eigenvalue weighted by atomic mass is 9.92. The van der Waals surface area contributed by atoms with Crippen molar-refractivity contribution in [3.05, 3.63) is 23.3 Å². The van der Waals surface area contributed by atoms with Crippen molar-refractivity contribution in [2.24, 2.45) is 0 Å². The lowest BCUT2D eigenvalue weighted by Gasteiger charge is -2.22. The third-order valence-electron chi connectivity index (χ3n) is 4.73. The Balaban J connectivity index is 3.17. The van der Waals surface area contributed by atoms with Crippen LogP contribution in [0.1, 0.15) is 20.7 Å². The lowest BCUT2D eigenvalue weighted by Crippen LogP contribution is -2.12. The van der Waals surface area contributed by atoms with Gasteiger partial charge in [-0.3, -0.25) is 0 Å². The van der Waals surface area contributed by atoms with Crippen molar-refractivity contribution >= 4 is 11.9 Å². The van der Waals surface area contributed by atoms with E-state index < -0.39 is 11.9 Å². The first kappa shape index (κ1) is 24.4. The molecule has 0 radical (unpaired) electrons. The van der Waals surface area contributed by atoms with E-state index in [0.29, 0.717) is 0 Å². The molecular weight excluding hydrogens is 424 g/mol. The second kappa shape index (κ2) is 10.5. The van der Waals surface area contributed by atoms with Crippen molar-refractivity contribution in [1.82, 2.24) is 0 Å². The van der Waals surface area contributed by atoms with Crippen LogP contribution >= 0.6 is 0 Å². The second-order valence-corrected chi connectivity index (χ2v) is 6.12. The van der Waals surface area contributed by atoms with Crippen LogP contribution in [-0.4, -0.2) is 68.8 Å². The molecule has 2 aromatic carbocycles. The molecule has 2 rings (SSSR count). The van der Waals surface area contributed by atoms with Gasteiger partial charge < -0.3 is 37.9 Å². The van der Waals surface area contributed by atoms with Gasteiger partial charge in [0, 0.05) is 11.1 Å². The highest BCUT2D eigenvalue weighted by molar-refractivity contribution is 6.08. The topological polar surface area (TPSA) is 108 Å². The molecule has 0 bridgehead atoms. The quantitative estimate of drug-likeness (QED) is 0.529. The minimum atomic E-state index is -0.734. The Morgan fingerprint density at radius 1 is 0.500 bits per heavy atom. The second-order valence-electron chi connectivity index (χ2n) is 6.12. The molecule has 0 aromatic heterocycles. The molecule has 0 aliphatic rings. The Hall–Kier alpha value is -3.82. The van der Waals surface area contributed by atoms with Crippen LogP contribution in [0.25, 0.3) is 11.1 Å². The Morgan fingerprint density at radius 3 is 1.03 bits per heavy atom. The summed E-state index contributed by atoms with van der Waals surface area (Å²) in [5.41, 5.74) is 0.441. The molecule has 0 fully saturated rings. The van der Waals surface area contributed by atoms with E-state index in [2.05, 4.69) is 0 Å². The number of carbonyl (C=O) groups excluding carboxylic acids is 2. The number of hydrogen-bond acceptors (Lipinski definition) is 10. The maximum absolute atomic E-state index is 12.8. The molecule has 0 unspecified atom stereocenters. The van der Waals surface area contributed by atoms with Gasteiger partial charge in [0.05, 0.1) is 56.9 Å². The van der Waals surface area contributed by atoms with E-state index in [0.717, 1.165) is 0 Å². The van der Waals surface area contributed by atoms with Gasteiger partial charge in [-0.15, -0.1) is 0 Å². The molecule has 0 heterocycles. The third-order valence-corrected chi connectivity index (χ3v) is 4.73. The number of benzene rings is 2. The van der Waals surface area contributed by atoms with Gasteiger partial charge in [-0.25, -0.2) is 9.59 Å². The van der Waals surface area contributed by atoms with Crippen LogP contribution in [-0.2, 0) is 9.47 Å². The molecule has 0 saturated carbocycles. The van der Waals surface area contributed by atoms with E-state index in [1.807, 2.05) is 0 Å². The van der Waals surface area contributed by atoms with Gasteiger partial charge in [-0.2, -0.15) is 0 Å². The SMILES string of the molecule is COC(=O)c1c(-c2cc(OC)c(OC)c(OC)c2C(=O)OC)cc(OC)c(OC)c1OC. The largest absolute Gasteiger partial charge is 0.493 e. The van der Waals surface area contributed by atoms with Crippen molar-refractivity contribution in [1.29, 1.82) is 0 Å². The van der Waals surface area contributed by atoms with Crippen LogP contribution in [0.4, 0.5) is 0 Å². The standard InChI is InChI=1S/C22H26O10/c1-25-13-9-11(15(21(23)31-7)19(29-5)17(13)27-3)12-10-14(26-2)18(28-4)20(30-6)16(12)22(24)32-8/h9-10H,1-8H3. The number of hydrogen-bond donors (Lipinski definition) is 0. The van der Waals surface area contributed by atoms with Crippen LogP contribution in [0.15, 0.2) is 12.1 Å². The van der Waals surface area contributed by atoms with Gasteiger partial charge in [-0.05, 0) is 12.1 Å². The number of esters is 2. The van der Waals surface area contributed by atoms with Crippen LogP contribution in [0.5, 0.6) is 34.5 Å². The third kappa shape index (κ3) is 4.03. The zero-order chi connectivity index (χ0) is 24.0. The number of carbonyl (C=O) groups is 2. The van der Waals surface area contributed by atoms with Gasteiger partial charge in [0.2, 0.25) is 11.5 Å². The Morgan fingerprint density at radius 2 is 0.812 bits per heavy atom. The average Bonchev–Trinajstić information content (AvgIpc) is 2.84. The van der Waals surface area contributed by atoms with E-state index in [1.165, 1.54) is 69.0 Å². The molecule has 10 heteroatoms. The summed E-state index contributed by atoms with van der Waals surface area (Å²) in [5, 5.41) is 0.